The van der Waals surface area contributed by atoms with E-state index in [1.807, 2.05) is 0 Å². The first-order valence-corrected chi connectivity index (χ1v) is 8.03. The monoisotopic (exact) mass is 363 g/mol. The normalized spacial score (nSPS) is 14.4. The third-order valence-electron chi connectivity index (χ3n) is 4.30. The summed E-state index contributed by atoms with van der Waals surface area (Å²) >= 11 is 0. The van der Waals surface area contributed by atoms with Crippen molar-refractivity contribution < 1.29 is 23.3 Å². The van der Waals surface area contributed by atoms with Crippen LogP contribution in [0, 0.1) is 22.9 Å². The summed E-state index contributed by atoms with van der Waals surface area (Å²) < 4.78 is 24.1. The zero-order chi connectivity index (χ0) is 18.8. The molecular formula is C17H18FN3O5. The molecule has 1 amide bonds. The van der Waals surface area contributed by atoms with Gasteiger partial charge in [-0.1, -0.05) is 0 Å². The van der Waals surface area contributed by atoms with Gasteiger partial charge >= 0.3 is 0 Å². The van der Waals surface area contributed by atoms with Gasteiger partial charge in [0.1, 0.15) is 11.4 Å². The zero-order valence-corrected chi connectivity index (χ0v) is 14.4. The number of rotatable bonds is 4. The van der Waals surface area contributed by atoms with Gasteiger partial charge in [0.2, 0.25) is 0 Å². The van der Waals surface area contributed by atoms with Gasteiger partial charge in [-0.2, -0.15) is 0 Å². The second-order valence-electron chi connectivity index (χ2n) is 5.92. The minimum Gasteiger partial charge on any atom is -0.494 e. The summed E-state index contributed by atoms with van der Waals surface area (Å²) in [5, 5.41) is 11.3. The van der Waals surface area contributed by atoms with Crippen LogP contribution in [0.25, 0.3) is 0 Å². The Labute approximate surface area is 148 Å². The van der Waals surface area contributed by atoms with Crippen LogP contribution >= 0.6 is 0 Å². The summed E-state index contributed by atoms with van der Waals surface area (Å²) in [4.78, 5) is 26.4. The largest absolute Gasteiger partial charge is 0.494 e. The number of carbonyl (C=O) groups excluding carboxylic acids is 1. The number of piperazine rings is 1. The Morgan fingerprint density at radius 1 is 1.27 bits per heavy atom. The molecule has 9 heteroatoms. The molecule has 1 aromatic carbocycles. The van der Waals surface area contributed by atoms with Crippen LogP contribution in [0.3, 0.4) is 0 Å². The molecular weight excluding hydrogens is 345 g/mol. The number of amides is 1. The zero-order valence-electron chi connectivity index (χ0n) is 14.4. The molecule has 3 rings (SSSR count). The van der Waals surface area contributed by atoms with Crippen molar-refractivity contribution in [2.45, 2.75) is 6.92 Å². The number of hydrogen-bond acceptors (Lipinski definition) is 6. The number of nitro groups is 1. The van der Waals surface area contributed by atoms with Gasteiger partial charge in [0.05, 0.1) is 18.1 Å². The Balaban J connectivity index is 1.77. The van der Waals surface area contributed by atoms with Crippen molar-refractivity contribution in [3.8, 4) is 5.75 Å². The lowest BCUT2D eigenvalue weighted by Gasteiger charge is -2.35. The highest BCUT2D eigenvalue weighted by Crippen LogP contribution is 2.35. The molecule has 1 aliphatic heterocycles. The van der Waals surface area contributed by atoms with E-state index in [1.54, 1.807) is 28.9 Å². The number of anilines is 1. The SMILES string of the molecule is COc1cc(N2CCN(C(=O)c3ccc(C)o3)CC2)c([N+](=O)[O-])cc1F. The van der Waals surface area contributed by atoms with Crippen LogP contribution in [-0.2, 0) is 0 Å². The Bertz CT molecular complexity index is 843. The van der Waals surface area contributed by atoms with E-state index in [-0.39, 0.29) is 28.8 Å². The first kappa shape index (κ1) is 17.7. The average molecular weight is 363 g/mol. The lowest BCUT2D eigenvalue weighted by atomic mass is 10.2. The molecule has 1 aromatic heterocycles. The van der Waals surface area contributed by atoms with E-state index in [9.17, 15) is 19.3 Å². The fourth-order valence-corrected chi connectivity index (χ4v) is 2.94. The fourth-order valence-electron chi connectivity index (χ4n) is 2.94. The quantitative estimate of drug-likeness (QED) is 0.613. The summed E-state index contributed by atoms with van der Waals surface area (Å²) in [5.41, 5.74) is -0.0565. The number of aryl methyl sites for hydroxylation is 1. The highest BCUT2D eigenvalue weighted by Gasteiger charge is 2.29. The van der Waals surface area contributed by atoms with Crippen molar-refractivity contribution in [3.63, 3.8) is 0 Å². The summed E-state index contributed by atoms with van der Waals surface area (Å²) in [6.07, 6.45) is 0. The van der Waals surface area contributed by atoms with Crippen LogP contribution in [0.4, 0.5) is 15.8 Å². The molecule has 2 heterocycles. The molecule has 0 saturated carbocycles. The van der Waals surface area contributed by atoms with Crippen LogP contribution < -0.4 is 9.64 Å². The molecule has 0 N–H and O–H groups in total. The molecule has 0 aliphatic carbocycles. The number of nitro benzene ring substituents is 1. The molecule has 138 valence electrons. The lowest BCUT2D eigenvalue weighted by Crippen LogP contribution is -2.48. The van der Waals surface area contributed by atoms with Crippen molar-refractivity contribution in [1.82, 2.24) is 4.90 Å². The minimum absolute atomic E-state index is 0.0600. The van der Waals surface area contributed by atoms with Gasteiger partial charge in [-0.25, -0.2) is 4.39 Å². The van der Waals surface area contributed by atoms with Crippen LogP contribution in [0.5, 0.6) is 5.75 Å². The van der Waals surface area contributed by atoms with E-state index in [2.05, 4.69) is 0 Å². The highest BCUT2D eigenvalue weighted by atomic mass is 19.1. The third-order valence-corrected chi connectivity index (χ3v) is 4.30. The highest BCUT2D eigenvalue weighted by molar-refractivity contribution is 5.91. The van der Waals surface area contributed by atoms with E-state index in [1.165, 1.54) is 13.2 Å². The molecule has 0 radical (unpaired) electrons. The van der Waals surface area contributed by atoms with E-state index in [0.717, 1.165) is 6.07 Å². The maximum atomic E-state index is 13.8. The van der Waals surface area contributed by atoms with E-state index < -0.39 is 10.7 Å². The molecule has 8 nitrogen and oxygen atoms in total. The van der Waals surface area contributed by atoms with Crippen LogP contribution in [0.1, 0.15) is 16.3 Å². The van der Waals surface area contributed by atoms with Gasteiger partial charge in [-0.15, -0.1) is 0 Å². The first-order valence-electron chi connectivity index (χ1n) is 8.03. The lowest BCUT2D eigenvalue weighted by molar-refractivity contribution is -0.384. The van der Waals surface area contributed by atoms with Crippen molar-refractivity contribution in [3.05, 3.63) is 51.7 Å². The number of nitrogens with zero attached hydrogens (tertiary/aromatic N) is 3. The van der Waals surface area contributed by atoms with Crippen LogP contribution in [-0.4, -0.2) is 49.0 Å². The predicted octanol–water partition coefficient (Wildman–Crippen LogP) is 2.61. The number of halogens is 1. The van der Waals surface area contributed by atoms with Crippen LogP contribution in [0.15, 0.2) is 28.7 Å². The summed E-state index contributed by atoms with van der Waals surface area (Å²) in [6, 6.07) is 5.52. The molecule has 0 atom stereocenters. The predicted molar refractivity (Wildman–Crippen MR) is 91.2 cm³/mol. The Hall–Kier alpha value is -3.10. The maximum Gasteiger partial charge on any atom is 0.295 e. The minimum atomic E-state index is -0.787. The number of ether oxygens (including phenoxy) is 1. The number of hydrogen-bond donors (Lipinski definition) is 0. The molecule has 0 unspecified atom stereocenters. The molecule has 1 aliphatic rings. The van der Waals surface area contributed by atoms with E-state index in [4.69, 9.17) is 9.15 Å². The second-order valence-corrected chi connectivity index (χ2v) is 5.92. The van der Waals surface area contributed by atoms with Crippen molar-refractivity contribution in [2.24, 2.45) is 0 Å². The Kier molecular flexibility index (Phi) is 4.79. The Morgan fingerprint density at radius 2 is 1.96 bits per heavy atom. The first-order chi connectivity index (χ1) is 12.4. The van der Waals surface area contributed by atoms with Gasteiger partial charge in [0, 0.05) is 32.2 Å². The maximum absolute atomic E-state index is 13.8. The third kappa shape index (κ3) is 3.32. The van der Waals surface area contributed by atoms with Crippen LogP contribution in [0.2, 0.25) is 0 Å². The van der Waals surface area contributed by atoms with Crippen molar-refractivity contribution in [1.29, 1.82) is 0 Å². The number of carbonyl (C=O) groups is 1. The molecule has 1 saturated heterocycles. The number of benzene rings is 1. The molecule has 0 bridgehead atoms. The van der Waals surface area contributed by atoms with Gasteiger partial charge in [0.25, 0.3) is 11.6 Å². The van der Waals surface area contributed by atoms with Gasteiger partial charge in [-0.05, 0) is 19.1 Å². The summed E-state index contributed by atoms with van der Waals surface area (Å²) in [5.74, 6) is -0.143. The molecule has 0 spiro atoms. The Morgan fingerprint density at radius 3 is 2.50 bits per heavy atom. The standard InChI is InChI=1S/C17H18FN3O5/c1-11-3-4-15(26-11)17(22)20-7-5-19(6-8-20)13-10-16(25-2)12(18)9-14(13)21(23)24/h3-4,9-10H,5-8H2,1-2H3. The smallest absolute Gasteiger partial charge is 0.295 e. The second kappa shape index (κ2) is 7.03. The average Bonchev–Trinajstić information content (AvgIpc) is 3.07. The van der Waals surface area contributed by atoms with E-state index >= 15 is 0 Å². The van der Waals surface area contributed by atoms with Crippen molar-refractivity contribution >= 4 is 17.3 Å². The molecule has 1 fully saturated rings. The van der Waals surface area contributed by atoms with Gasteiger partial charge in [-0.3, -0.25) is 14.9 Å². The van der Waals surface area contributed by atoms with Gasteiger partial charge in [0.15, 0.2) is 17.3 Å². The number of methoxy groups -OCH3 is 1. The molecule has 26 heavy (non-hydrogen) atoms. The summed E-state index contributed by atoms with van der Waals surface area (Å²) in [6.45, 7) is 3.25. The van der Waals surface area contributed by atoms with Crippen molar-refractivity contribution in [2.75, 3.05) is 38.2 Å². The topological polar surface area (TPSA) is 89.1 Å². The van der Waals surface area contributed by atoms with E-state index in [0.29, 0.717) is 31.9 Å². The number of furan rings is 1. The molecule has 2 aromatic rings. The fraction of sp³-hybridized carbons (Fsp3) is 0.353. The summed E-state index contributed by atoms with van der Waals surface area (Å²) in [7, 11) is 1.30. The van der Waals surface area contributed by atoms with Gasteiger partial charge < -0.3 is 19.0 Å².